The number of hydrogen-bond acceptors (Lipinski definition) is 6. The summed E-state index contributed by atoms with van der Waals surface area (Å²) in [5.74, 6) is -2.22. The van der Waals surface area contributed by atoms with E-state index in [1.807, 2.05) is 0 Å². The molecule has 2 aromatic carbocycles. The van der Waals surface area contributed by atoms with E-state index in [0.29, 0.717) is 15.0 Å². The lowest BCUT2D eigenvalue weighted by atomic mass is 10.2. The number of nitrogens with one attached hydrogen (secondary N) is 1. The molecule has 0 atom stereocenters. The predicted molar refractivity (Wildman–Crippen MR) is 97.0 cm³/mol. The minimum atomic E-state index is -3.99. The summed E-state index contributed by atoms with van der Waals surface area (Å²) in [4.78, 5) is 24.2. The van der Waals surface area contributed by atoms with E-state index in [-0.39, 0.29) is 16.0 Å². The van der Waals surface area contributed by atoms with Crippen LogP contribution in [0.5, 0.6) is 0 Å². The molecule has 0 spiro atoms. The van der Waals surface area contributed by atoms with Gasteiger partial charge in [0.2, 0.25) is 4.80 Å². The third-order valence-corrected chi connectivity index (χ3v) is 6.05. The normalized spacial score (nSPS) is 12.3. The fraction of sp³-hybridized carbons (Fsp3) is 0.0625. The number of aromatic nitrogens is 1. The van der Waals surface area contributed by atoms with Gasteiger partial charge in [0, 0.05) is 7.05 Å². The Hall–Kier alpha value is -3.18. The highest BCUT2D eigenvalue weighted by Gasteiger charge is 2.14. The molecule has 1 heterocycles. The molecule has 1 aromatic heterocycles. The van der Waals surface area contributed by atoms with Crippen LogP contribution in [0.4, 0.5) is 0 Å². The molecule has 0 aliphatic heterocycles. The van der Waals surface area contributed by atoms with Gasteiger partial charge in [0.25, 0.3) is 10.0 Å². The van der Waals surface area contributed by atoms with Gasteiger partial charge in [0.1, 0.15) is 0 Å². The standard InChI is InChI=1S/C16H13N3O6S2/c1-19-12-7-4-10(15(22)23)8-13(12)26-16(19)17-18-27(24,25)11-5-2-9(3-6-11)14(20)21/h2-8,18H,1H3,(H,20,21)(H,22,23). The summed E-state index contributed by atoms with van der Waals surface area (Å²) in [6.45, 7) is 0. The van der Waals surface area contributed by atoms with Crippen molar-refractivity contribution < 1.29 is 28.2 Å². The highest BCUT2D eigenvalue weighted by molar-refractivity contribution is 7.89. The average molecular weight is 407 g/mol. The van der Waals surface area contributed by atoms with Crippen LogP contribution >= 0.6 is 11.3 Å². The van der Waals surface area contributed by atoms with Crippen LogP contribution in [-0.4, -0.2) is 35.1 Å². The first-order valence-electron chi connectivity index (χ1n) is 7.41. The van der Waals surface area contributed by atoms with E-state index < -0.39 is 22.0 Å². The second-order valence-corrected chi connectivity index (χ2v) is 8.14. The van der Waals surface area contributed by atoms with Gasteiger partial charge in [-0.25, -0.2) is 9.59 Å². The van der Waals surface area contributed by atoms with Crippen LogP contribution in [-0.2, 0) is 17.1 Å². The topological polar surface area (TPSA) is 138 Å². The summed E-state index contributed by atoms with van der Waals surface area (Å²) in [6, 6.07) is 9.27. The van der Waals surface area contributed by atoms with E-state index in [0.717, 1.165) is 11.3 Å². The fourth-order valence-corrected chi connectivity index (χ4v) is 4.19. The number of sulfonamides is 1. The van der Waals surface area contributed by atoms with Gasteiger partial charge in [-0.05, 0) is 42.5 Å². The molecule has 3 rings (SSSR count). The Labute approximate surface area is 156 Å². The minimum Gasteiger partial charge on any atom is -0.478 e. The number of fused-ring (bicyclic) bond motifs is 1. The number of nitrogens with zero attached hydrogens (tertiary/aromatic N) is 2. The second kappa shape index (κ2) is 6.85. The van der Waals surface area contributed by atoms with E-state index in [1.54, 1.807) is 17.7 Å². The molecule has 3 N–H and O–H groups in total. The Morgan fingerprint density at radius 2 is 1.63 bits per heavy atom. The van der Waals surface area contributed by atoms with Crippen molar-refractivity contribution in [3.8, 4) is 0 Å². The highest BCUT2D eigenvalue weighted by atomic mass is 32.2. The Morgan fingerprint density at radius 3 is 2.22 bits per heavy atom. The van der Waals surface area contributed by atoms with Gasteiger partial charge in [0.15, 0.2) is 0 Å². The van der Waals surface area contributed by atoms with Crippen molar-refractivity contribution in [1.82, 2.24) is 9.40 Å². The first-order valence-corrected chi connectivity index (χ1v) is 9.71. The number of carbonyl (C=O) groups is 2. The Kier molecular flexibility index (Phi) is 4.72. The van der Waals surface area contributed by atoms with Gasteiger partial charge in [-0.15, -0.1) is 5.10 Å². The molecule has 0 amide bonds. The molecule has 0 radical (unpaired) electrons. The second-order valence-electron chi connectivity index (χ2n) is 5.47. The van der Waals surface area contributed by atoms with Crippen LogP contribution in [0.15, 0.2) is 52.5 Å². The first-order chi connectivity index (χ1) is 12.7. The Bertz CT molecular complexity index is 1220. The summed E-state index contributed by atoms with van der Waals surface area (Å²) in [5.41, 5.74) is 0.791. The van der Waals surface area contributed by atoms with Crippen molar-refractivity contribution in [3.63, 3.8) is 0 Å². The number of thiazole rings is 1. The first kappa shape index (κ1) is 18.6. The predicted octanol–water partition coefficient (Wildman–Crippen LogP) is 1.43. The van der Waals surface area contributed by atoms with Gasteiger partial charge < -0.3 is 14.8 Å². The van der Waals surface area contributed by atoms with Crippen LogP contribution in [0.1, 0.15) is 20.7 Å². The Morgan fingerprint density at radius 1 is 1.04 bits per heavy atom. The number of carboxylic acids is 2. The van der Waals surface area contributed by atoms with Crippen LogP contribution in [0.25, 0.3) is 10.2 Å². The monoisotopic (exact) mass is 407 g/mol. The van der Waals surface area contributed by atoms with Crippen LogP contribution in [0, 0.1) is 0 Å². The van der Waals surface area contributed by atoms with E-state index in [4.69, 9.17) is 10.2 Å². The summed E-state index contributed by atoms with van der Waals surface area (Å²) >= 11 is 1.13. The van der Waals surface area contributed by atoms with Gasteiger partial charge >= 0.3 is 11.9 Å². The van der Waals surface area contributed by atoms with Crippen molar-refractivity contribution in [3.05, 3.63) is 58.4 Å². The molecule has 9 nitrogen and oxygen atoms in total. The highest BCUT2D eigenvalue weighted by Crippen LogP contribution is 2.18. The van der Waals surface area contributed by atoms with Crippen LogP contribution < -0.4 is 9.63 Å². The molecule has 0 aliphatic rings. The summed E-state index contributed by atoms with van der Waals surface area (Å²) in [5, 5.41) is 21.8. The van der Waals surface area contributed by atoms with E-state index >= 15 is 0 Å². The molecular formula is C16H13N3O6S2. The molecule has 0 unspecified atom stereocenters. The van der Waals surface area contributed by atoms with Crippen molar-refractivity contribution in [2.24, 2.45) is 12.1 Å². The minimum absolute atomic E-state index is 0.0315. The molecule has 0 aliphatic carbocycles. The zero-order valence-corrected chi connectivity index (χ0v) is 15.4. The maximum absolute atomic E-state index is 12.3. The lowest BCUT2D eigenvalue weighted by molar-refractivity contribution is 0.0686. The fourth-order valence-electron chi connectivity index (χ4n) is 2.30. The van der Waals surface area contributed by atoms with Crippen molar-refractivity contribution in [2.75, 3.05) is 0 Å². The number of aromatic carboxylic acids is 2. The number of rotatable bonds is 5. The van der Waals surface area contributed by atoms with E-state index in [2.05, 4.69) is 9.93 Å². The average Bonchev–Trinajstić information content (AvgIpc) is 2.95. The molecule has 0 saturated heterocycles. The summed E-state index contributed by atoms with van der Waals surface area (Å²) in [7, 11) is -2.31. The molecule has 27 heavy (non-hydrogen) atoms. The van der Waals surface area contributed by atoms with E-state index in [9.17, 15) is 18.0 Å². The third-order valence-electron chi connectivity index (χ3n) is 3.73. The smallest absolute Gasteiger partial charge is 0.335 e. The largest absolute Gasteiger partial charge is 0.478 e. The lowest BCUT2D eigenvalue weighted by Crippen LogP contribution is -2.23. The summed E-state index contributed by atoms with van der Waals surface area (Å²) < 4.78 is 26.9. The number of benzene rings is 2. The van der Waals surface area contributed by atoms with Crippen molar-refractivity contribution >= 4 is 43.5 Å². The van der Waals surface area contributed by atoms with Crippen molar-refractivity contribution in [2.45, 2.75) is 4.90 Å². The molecule has 3 aromatic rings. The van der Waals surface area contributed by atoms with Gasteiger partial charge in [0.05, 0.1) is 26.2 Å². The maximum Gasteiger partial charge on any atom is 0.335 e. The van der Waals surface area contributed by atoms with E-state index in [1.165, 1.54) is 36.4 Å². The van der Waals surface area contributed by atoms with Crippen LogP contribution in [0.3, 0.4) is 0 Å². The van der Waals surface area contributed by atoms with Gasteiger partial charge in [-0.1, -0.05) is 11.3 Å². The van der Waals surface area contributed by atoms with Crippen LogP contribution in [0.2, 0.25) is 0 Å². The van der Waals surface area contributed by atoms with Gasteiger partial charge in [-0.3, -0.25) is 0 Å². The quantitative estimate of drug-likeness (QED) is 0.547. The van der Waals surface area contributed by atoms with Crippen molar-refractivity contribution in [1.29, 1.82) is 0 Å². The molecule has 0 bridgehead atoms. The molecule has 0 saturated carbocycles. The lowest BCUT2D eigenvalue weighted by Gasteiger charge is -2.03. The maximum atomic E-state index is 12.3. The number of aryl methyl sites for hydroxylation is 1. The zero-order valence-electron chi connectivity index (χ0n) is 13.8. The molecule has 11 heteroatoms. The number of carboxylic acid groups (broad SMARTS) is 2. The molecule has 140 valence electrons. The Balaban J connectivity index is 1.95. The SMILES string of the molecule is Cn1c(=NNS(=O)(=O)c2ccc(C(=O)O)cc2)sc2cc(C(=O)O)ccc21. The van der Waals surface area contributed by atoms with Gasteiger partial charge in [-0.2, -0.15) is 13.2 Å². The molecular weight excluding hydrogens is 394 g/mol. The zero-order chi connectivity index (χ0) is 19.8. The molecule has 0 fully saturated rings. The summed E-state index contributed by atoms with van der Waals surface area (Å²) in [6.07, 6.45) is 0. The number of hydrogen-bond donors (Lipinski definition) is 3. The third kappa shape index (κ3) is 3.68.